The number of hydrogen-bond acceptors (Lipinski definition) is 7. The smallest absolute Gasteiger partial charge is 0.324 e. The van der Waals surface area contributed by atoms with Gasteiger partial charge in [-0.15, -0.1) is 11.3 Å². The fourth-order valence-electron chi connectivity index (χ4n) is 4.65. The van der Waals surface area contributed by atoms with Crippen LogP contribution in [0.15, 0.2) is 84.5 Å². The number of urea groups is 1. The number of aromatic nitrogens is 3. The van der Waals surface area contributed by atoms with Crippen LogP contribution >= 0.6 is 11.3 Å². The van der Waals surface area contributed by atoms with Crippen LogP contribution in [-0.2, 0) is 4.74 Å². The van der Waals surface area contributed by atoms with Gasteiger partial charge in [0.25, 0.3) is 0 Å². The summed E-state index contributed by atoms with van der Waals surface area (Å²) in [5.74, 6) is 0.460. The van der Waals surface area contributed by atoms with E-state index in [0.717, 1.165) is 44.3 Å². The van der Waals surface area contributed by atoms with Gasteiger partial charge in [0, 0.05) is 56.4 Å². The lowest BCUT2D eigenvalue weighted by Crippen LogP contribution is -2.45. The molecule has 1 saturated heterocycles. The van der Waals surface area contributed by atoms with Crippen molar-refractivity contribution in [2.75, 3.05) is 51.3 Å². The number of nitrogens with one attached hydrogen (secondary N) is 1. The molecule has 0 saturated carbocycles. The molecule has 196 valence electrons. The molecular formula is C29H32N6O2S. The van der Waals surface area contributed by atoms with Gasteiger partial charge in [0.1, 0.15) is 10.7 Å². The van der Waals surface area contributed by atoms with Gasteiger partial charge < -0.3 is 9.64 Å². The van der Waals surface area contributed by atoms with Crippen LogP contribution in [0.5, 0.6) is 0 Å². The quantitative estimate of drug-likeness (QED) is 0.312. The van der Waals surface area contributed by atoms with Gasteiger partial charge in [0.2, 0.25) is 5.95 Å². The predicted octanol–water partition coefficient (Wildman–Crippen LogP) is 4.99. The summed E-state index contributed by atoms with van der Waals surface area (Å²) in [7, 11) is 0. The number of carbonyl (C=O) groups is 1. The fourth-order valence-corrected chi connectivity index (χ4v) is 5.25. The molecule has 2 aromatic heterocycles. The molecule has 3 heterocycles. The molecule has 2 aromatic carbocycles. The van der Waals surface area contributed by atoms with Gasteiger partial charge in [-0.05, 0) is 23.6 Å². The van der Waals surface area contributed by atoms with E-state index < -0.39 is 0 Å². The highest BCUT2D eigenvalue weighted by Gasteiger charge is 2.21. The molecule has 1 fully saturated rings. The second-order valence-corrected chi connectivity index (χ2v) is 10.0. The first kappa shape index (κ1) is 26.0. The number of benzene rings is 2. The van der Waals surface area contributed by atoms with Crippen molar-refractivity contribution in [2.24, 2.45) is 0 Å². The average molecular weight is 529 g/mol. The number of amides is 2. The minimum atomic E-state index is -0.200. The third-order valence-electron chi connectivity index (χ3n) is 6.69. The van der Waals surface area contributed by atoms with Gasteiger partial charge in [-0.25, -0.2) is 19.7 Å². The van der Waals surface area contributed by atoms with Crippen molar-refractivity contribution in [2.45, 2.75) is 12.3 Å². The first-order valence-electron chi connectivity index (χ1n) is 12.9. The number of rotatable bonds is 10. The van der Waals surface area contributed by atoms with Gasteiger partial charge in [0.05, 0.1) is 13.2 Å². The van der Waals surface area contributed by atoms with Crippen LogP contribution in [0.1, 0.15) is 23.5 Å². The number of ether oxygens (including phenoxy) is 1. The van der Waals surface area contributed by atoms with Gasteiger partial charge in [0.15, 0.2) is 0 Å². The van der Waals surface area contributed by atoms with E-state index in [1.165, 1.54) is 22.5 Å². The Kier molecular flexibility index (Phi) is 9.04. The van der Waals surface area contributed by atoms with Gasteiger partial charge in [-0.3, -0.25) is 10.2 Å². The summed E-state index contributed by atoms with van der Waals surface area (Å²) >= 11 is 1.50. The molecule has 1 aliphatic rings. The van der Waals surface area contributed by atoms with Gasteiger partial charge in [-0.2, -0.15) is 0 Å². The van der Waals surface area contributed by atoms with E-state index in [2.05, 4.69) is 73.7 Å². The van der Waals surface area contributed by atoms with Gasteiger partial charge >= 0.3 is 6.03 Å². The molecule has 0 aliphatic carbocycles. The lowest BCUT2D eigenvalue weighted by Gasteiger charge is -2.31. The van der Waals surface area contributed by atoms with E-state index >= 15 is 0 Å². The van der Waals surface area contributed by atoms with Crippen molar-refractivity contribution in [3.63, 3.8) is 0 Å². The molecule has 5 rings (SSSR count). The van der Waals surface area contributed by atoms with Crippen LogP contribution in [0.3, 0.4) is 0 Å². The van der Waals surface area contributed by atoms with Crippen molar-refractivity contribution >= 4 is 23.3 Å². The normalized spacial score (nSPS) is 13.9. The summed E-state index contributed by atoms with van der Waals surface area (Å²) in [5.41, 5.74) is 3.18. The first-order chi connectivity index (χ1) is 18.8. The minimum Gasteiger partial charge on any atom is -0.379 e. The zero-order valence-corrected chi connectivity index (χ0v) is 22.1. The molecule has 2 amide bonds. The van der Waals surface area contributed by atoms with Crippen molar-refractivity contribution < 1.29 is 9.53 Å². The maximum absolute atomic E-state index is 13.5. The molecule has 0 bridgehead atoms. The van der Waals surface area contributed by atoms with E-state index in [1.54, 1.807) is 18.5 Å². The Morgan fingerprint density at radius 3 is 2.32 bits per heavy atom. The van der Waals surface area contributed by atoms with E-state index in [0.29, 0.717) is 18.8 Å². The Hall–Kier alpha value is -3.66. The van der Waals surface area contributed by atoms with Crippen LogP contribution in [-0.4, -0.2) is 76.7 Å². The third-order valence-corrected chi connectivity index (χ3v) is 7.49. The topological polar surface area (TPSA) is 83.5 Å². The highest BCUT2D eigenvalue weighted by atomic mass is 32.1. The highest BCUT2D eigenvalue weighted by Crippen LogP contribution is 2.28. The summed E-state index contributed by atoms with van der Waals surface area (Å²) in [6, 6.07) is 22.6. The SMILES string of the molecule is O=C(Nc1nccc(-c2nccs2)n1)N(CCC(c1ccccc1)c1ccccc1)CCN1CCOCC1. The van der Waals surface area contributed by atoms with Crippen molar-refractivity contribution in [3.8, 4) is 10.7 Å². The second kappa shape index (κ2) is 13.2. The van der Waals surface area contributed by atoms with E-state index in [-0.39, 0.29) is 17.9 Å². The fraction of sp³-hybridized carbons (Fsp3) is 0.310. The third kappa shape index (κ3) is 7.00. The summed E-state index contributed by atoms with van der Waals surface area (Å²) in [6.07, 6.45) is 4.19. The van der Waals surface area contributed by atoms with Crippen LogP contribution in [0.25, 0.3) is 10.7 Å². The molecular weight excluding hydrogens is 496 g/mol. The molecule has 0 unspecified atom stereocenters. The first-order valence-corrected chi connectivity index (χ1v) is 13.8. The van der Waals surface area contributed by atoms with Crippen LogP contribution in [0, 0.1) is 0 Å². The Morgan fingerprint density at radius 1 is 0.947 bits per heavy atom. The van der Waals surface area contributed by atoms with E-state index in [4.69, 9.17) is 4.74 Å². The molecule has 1 aliphatic heterocycles. The Morgan fingerprint density at radius 2 is 1.66 bits per heavy atom. The summed E-state index contributed by atoms with van der Waals surface area (Å²) < 4.78 is 5.50. The maximum Gasteiger partial charge on any atom is 0.324 e. The molecule has 0 spiro atoms. The number of thiazole rings is 1. The number of nitrogens with zero attached hydrogens (tertiary/aromatic N) is 5. The zero-order chi connectivity index (χ0) is 26.0. The number of morpholine rings is 1. The lowest BCUT2D eigenvalue weighted by molar-refractivity contribution is 0.0351. The zero-order valence-electron chi connectivity index (χ0n) is 21.3. The number of anilines is 1. The van der Waals surface area contributed by atoms with Crippen LogP contribution in [0.2, 0.25) is 0 Å². The summed E-state index contributed by atoms with van der Waals surface area (Å²) in [4.78, 5) is 30.9. The van der Waals surface area contributed by atoms with Gasteiger partial charge in [-0.1, -0.05) is 60.7 Å². The molecule has 1 N–H and O–H groups in total. The predicted molar refractivity (Wildman–Crippen MR) is 150 cm³/mol. The Balaban J connectivity index is 1.32. The summed E-state index contributed by atoms with van der Waals surface area (Å²) in [5, 5.41) is 5.63. The molecule has 9 heteroatoms. The summed E-state index contributed by atoms with van der Waals surface area (Å²) in [6.45, 7) is 5.21. The standard InChI is InChI=1S/C29H32N6O2S/c36-29(33-28-31-13-11-26(32-28)27-30-14-22-38-27)35(17-16-34-18-20-37-21-19-34)15-12-25(23-7-3-1-4-8-23)24-9-5-2-6-10-24/h1-11,13-14,22,25H,12,15-21H2,(H,31,32,33,36). The second-order valence-electron chi connectivity index (χ2n) is 9.14. The number of hydrogen-bond donors (Lipinski definition) is 1. The maximum atomic E-state index is 13.5. The highest BCUT2D eigenvalue weighted by molar-refractivity contribution is 7.13. The van der Waals surface area contributed by atoms with E-state index in [1.807, 2.05) is 22.4 Å². The Labute approximate surface area is 227 Å². The largest absolute Gasteiger partial charge is 0.379 e. The molecule has 4 aromatic rings. The van der Waals surface area contributed by atoms with Crippen LogP contribution < -0.4 is 5.32 Å². The minimum absolute atomic E-state index is 0.181. The molecule has 8 nitrogen and oxygen atoms in total. The molecule has 0 atom stereocenters. The Bertz CT molecular complexity index is 1230. The molecule has 0 radical (unpaired) electrons. The van der Waals surface area contributed by atoms with Crippen LogP contribution in [0.4, 0.5) is 10.7 Å². The van der Waals surface area contributed by atoms with Crippen molar-refractivity contribution in [1.82, 2.24) is 24.8 Å². The lowest BCUT2D eigenvalue weighted by atomic mass is 9.88. The van der Waals surface area contributed by atoms with Crippen molar-refractivity contribution in [1.29, 1.82) is 0 Å². The number of carbonyl (C=O) groups excluding carboxylic acids is 1. The monoisotopic (exact) mass is 528 g/mol. The molecule has 38 heavy (non-hydrogen) atoms. The van der Waals surface area contributed by atoms with E-state index in [9.17, 15) is 4.79 Å². The average Bonchev–Trinajstić information content (AvgIpc) is 3.52. The van der Waals surface area contributed by atoms with Crippen molar-refractivity contribution in [3.05, 3.63) is 95.6 Å².